The fraction of sp³-hybridized carbons (Fsp3) is 0.421. The Labute approximate surface area is 158 Å². The van der Waals surface area contributed by atoms with Gasteiger partial charge in [0, 0.05) is 24.0 Å². The van der Waals surface area contributed by atoms with Gasteiger partial charge in [-0.05, 0) is 43.0 Å². The third-order valence-electron chi connectivity index (χ3n) is 4.73. The summed E-state index contributed by atoms with van der Waals surface area (Å²) in [6.07, 6.45) is 2.02. The highest BCUT2D eigenvalue weighted by Crippen LogP contribution is 2.25. The highest BCUT2D eigenvalue weighted by atomic mass is 35.5. The van der Waals surface area contributed by atoms with E-state index in [-0.39, 0.29) is 12.1 Å². The van der Waals surface area contributed by atoms with Gasteiger partial charge in [0.15, 0.2) is 0 Å². The number of carbonyl (C=O) groups excluding carboxylic acids is 1. The molecule has 0 atom stereocenters. The molecular formula is C19H24ClN3OS. The smallest absolute Gasteiger partial charge is 0.316 e. The summed E-state index contributed by atoms with van der Waals surface area (Å²) in [5, 5.41) is 5.61. The minimum atomic E-state index is -0.0727. The topological polar surface area (TPSA) is 35.6 Å². The van der Waals surface area contributed by atoms with Gasteiger partial charge in [0.25, 0.3) is 0 Å². The normalized spacial score (nSPS) is 15.9. The maximum atomic E-state index is 13.0. The molecule has 0 unspecified atom stereocenters. The number of nitrogens with one attached hydrogen (secondary N) is 1. The van der Waals surface area contributed by atoms with Gasteiger partial charge < -0.3 is 15.1 Å². The molecule has 3 rings (SSSR count). The molecule has 6 heteroatoms. The van der Waals surface area contributed by atoms with Crippen LogP contribution in [0.2, 0.25) is 5.02 Å². The van der Waals surface area contributed by atoms with Crippen LogP contribution < -0.4 is 5.32 Å². The van der Waals surface area contributed by atoms with Gasteiger partial charge in [-0.25, -0.2) is 4.79 Å². The van der Waals surface area contributed by atoms with E-state index in [0.717, 1.165) is 32.5 Å². The predicted molar refractivity (Wildman–Crippen MR) is 105 cm³/mol. The van der Waals surface area contributed by atoms with Crippen molar-refractivity contribution in [2.75, 3.05) is 25.0 Å². The lowest BCUT2D eigenvalue weighted by Gasteiger charge is -2.38. The van der Waals surface area contributed by atoms with Crippen molar-refractivity contribution in [2.24, 2.45) is 0 Å². The van der Waals surface area contributed by atoms with Crippen molar-refractivity contribution in [3.8, 4) is 0 Å². The lowest BCUT2D eigenvalue weighted by atomic mass is 10.0. The minimum absolute atomic E-state index is 0.0727. The Kier molecular flexibility index (Phi) is 6.34. The molecule has 0 bridgehead atoms. The maximum absolute atomic E-state index is 13.0. The van der Waals surface area contributed by atoms with Crippen molar-refractivity contribution in [3.05, 3.63) is 51.7 Å². The van der Waals surface area contributed by atoms with Crippen LogP contribution in [0.4, 0.5) is 10.5 Å². The van der Waals surface area contributed by atoms with Gasteiger partial charge in [0.2, 0.25) is 0 Å². The second-order valence-electron chi connectivity index (χ2n) is 6.28. The molecule has 0 aliphatic carbocycles. The number of amides is 2. The van der Waals surface area contributed by atoms with E-state index < -0.39 is 0 Å². The number of hydrogen-bond donors (Lipinski definition) is 1. The molecule has 1 aliphatic rings. The van der Waals surface area contributed by atoms with Crippen LogP contribution in [0, 0.1) is 0 Å². The SMILES string of the molecule is CCN1CCC(N(Cc2cccs2)C(=O)Nc2ccccc2Cl)CC1. The number of anilines is 1. The number of rotatable bonds is 5. The first kappa shape index (κ1) is 18.2. The fourth-order valence-corrected chi connectivity index (χ4v) is 4.12. The highest BCUT2D eigenvalue weighted by Gasteiger charge is 2.28. The predicted octanol–water partition coefficient (Wildman–Crippen LogP) is 4.92. The average molecular weight is 378 g/mol. The maximum Gasteiger partial charge on any atom is 0.322 e. The Hall–Kier alpha value is -1.56. The first-order chi connectivity index (χ1) is 12.2. The molecule has 2 heterocycles. The minimum Gasteiger partial charge on any atom is -0.316 e. The highest BCUT2D eigenvalue weighted by molar-refractivity contribution is 7.09. The van der Waals surface area contributed by atoms with Crippen LogP contribution in [0.5, 0.6) is 0 Å². The van der Waals surface area contributed by atoms with Gasteiger partial charge in [-0.2, -0.15) is 0 Å². The number of hydrogen-bond acceptors (Lipinski definition) is 3. The van der Waals surface area contributed by atoms with Crippen molar-refractivity contribution in [1.82, 2.24) is 9.80 Å². The number of para-hydroxylation sites is 1. The molecule has 2 amide bonds. The molecule has 0 saturated carbocycles. The number of nitrogens with zero attached hydrogens (tertiary/aromatic N) is 2. The summed E-state index contributed by atoms with van der Waals surface area (Å²) in [7, 11) is 0. The summed E-state index contributed by atoms with van der Waals surface area (Å²) in [4.78, 5) is 18.6. The Bertz CT molecular complexity index is 684. The summed E-state index contributed by atoms with van der Waals surface area (Å²) in [5.41, 5.74) is 0.663. The van der Waals surface area contributed by atoms with Crippen LogP contribution in [0.15, 0.2) is 41.8 Å². The molecule has 25 heavy (non-hydrogen) atoms. The molecular weight excluding hydrogens is 354 g/mol. The molecule has 0 radical (unpaired) electrons. The van der Waals surface area contributed by atoms with Gasteiger partial charge in [0.05, 0.1) is 17.3 Å². The molecule has 1 aromatic carbocycles. The molecule has 134 valence electrons. The average Bonchev–Trinajstić information content (AvgIpc) is 3.15. The monoisotopic (exact) mass is 377 g/mol. The van der Waals surface area contributed by atoms with Crippen LogP contribution in [0.3, 0.4) is 0 Å². The third kappa shape index (κ3) is 4.75. The van der Waals surface area contributed by atoms with Crippen molar-refractivity contribution < 1.29 is 4.79 Å². The van der Waals surface area contributed by atoms with E-state index >= 15 is 0 Å². The quantitative estimate of drug-likeness (QED) is 0.802. The Morgan fingerprint density at radius 3 is 2.68 bits per heavy atom. The van der Waals surface area contributed by atoms with Crippen LogP contribution in [0.1, 0.15) is 24.6 Å². The first-order valence-corrected chi connectivity index (χ1v) is 10.00. The summed E-state index contributed by atoms with van der Waals surface area (Å²) >= 11 is 7.89. The van der Waals surface area contributed by atoms with Gasteiger partial charge >= 0.3 is 6.03 Å². The number of urea groups is 1. The molecule has 1 aliphatic heterocycles. The molecule has 1 N–H and O–H groups in total. The van der Waals surface area contributed by atoms with Crippen LogP contribution >= 0.6 is 22.9 Å². The molecule has 2 aromatic rings. The lowest BCUT2D eigenvalue weighted by Crippen LogP contribution is -2.48. The second kappa shape index (κ2) is 8.70. The Morgan fingerprint density at radius 2 is 2.04 bits per heavy atom. The Morgan fingerprint density at radius 1 is 1.28 bits per heavy atom. The van der Waals surface area contributed by atoms with E-state index in [9.17, 15) is 4.79 Å². The van der Waals surface area contributed by atoms with Crippen molar-refractivity contribution in [1.29, 1.82) is 0 Å². The molecule has 1 saturated heterocycles. The zero-order valence-electron chi connectivity index (χ0n) is 14.5. The summed E-state index contributed by atoms with van der Waals surface area (Å²) in [6.45, 7) is 5.99. The van der Waals surface area contributed by atoms with Gasteiger partial charge in [-0.1, -0.05) is 36.7 Å². The number of piperidine rings is 1. The number of carbonyl (C=O) groups is 1. The van der Waals surface area contributed by atoms with Crippen LogP contribution in [-0.2, 0) is 6.54 Å². The van der Waals surface area contributed by atoms with Crippen molar-refractivity contribution in [3.63, 3.8) is 0 Å². The van der Waals surface area contributed by atoms with E-state index in [1.807, 2.05) is 29.2 Å². The van der Waals surface area contributed by atoms with Gasteiger partial charge in [0.1, 0.15) is 0 Å². The van der Waals surface area contributed by atoms with Crippen molar-refractivity contribution in [2.45, 2.75) is 32.4 Å². The second-order valence-corrected chi connectivity index (χ2v) is 7.72. The van der Waals surface area contributed by atoms with E-state index in [2.05, 4.69) is 28.6 Å². The number of halogens is 1. The molecule has 1 fully saturated rings. The number of thiophene rings is 1. The lowest BCUT2D eigenvalue weighted by molar-refractivity contribution is 0.127. The number of likely N-dealkylation sites (tertiary alicyclic amines) is 1. The largest absolute Gasteiger partial charge is 0.322 e. The zero-order chi connectivity index (χ0) is 17.6. The summed E-state index contributed by atoms with van der Waals surface area (Å²) < 4.78 is 0. The standard InChI is InChI=1S/C19H24ClN3OS/c1-2-22-11-9-15(10-12-22)23(14-16-6-5-13-25-16)19(24)21-18-8-4-3-7-17(18)20/h3-8,13,15H,2,9-12,14H2,1H3,(H,21,24). The van der Waals surface area contributed by atoms with E-state index in [0.29, 0.717) is 17.3 Å². The van der Waals surface area contributed by atoms with E-state index in [1.165, 1.54) is 4.88 Å². The molecule has 1 aromatic heterocycles. The van der Waals surface area contributed by atoms with Gasteiger partial charge in [-0.3, -0.25) is 0 Å². The Balaban J connectivity index is 1.73. The first-order valence-electron chi connectivity index (χ1n) is 8.74. The van der Waals surface area contributed by atoms with Gasteiger partial charge in [-0.15, -0.1) is 11.3 Å². The summed E-state index contributed by atoms with van der Waals surface area (Å²) in [5.74, 6) is 0. The van der Waals surface area contributed by atoms with Crippen molar-refractivity contribution >= 4 is 34.7 Å². The molecule has 0 spiro atoms. The fourth-order valence-electron chi connectivity index (χ4n) is 3.23. The van der Waals surface area contributed by atoms with Crippen LogP contribution in [0.25, 0.3) is 0 Å². The van der Waals surface area contributed by atoms with E-state index in [1.54, 1.807) is 17.4 Å². The van der Waals surface area contributed by atoms with Crippen LogP contribution in [-0.4, -0.2) is 41.5 Å². The summed E-state index contributed by atoms with van der Waals surface area (Å²) in [6, 6.07) is 11.7. The molecule has 4 nitrogen and oxygen atoms in total. The van der Waals surface area contributed by atoms with E-state index in [4.69, 9.17) is 11.6 Å². The third-order valence-corrected chi connectivity index (χ3v) is 5.92. The number of benzene rings is 1. The zero-order valence-corrected chi connectivity index (χ0v) is 16.0.